The van der Waals surface area contributed by atoms with Crippen LogP contribution in [0.4, 0.5) is 0 Å². The second-order valence-electron chi connectivity index (χ2n) is 4.80. The Labute approximate surface area is 102 Å². The number of carbonyl (C=O) groups is 1. The van der Waals surface area contributed by atoms with Crippen molar-refractivity contribution in [2.45, 2.75) is 52.6 Å². The summed E-state index contributed by atoms with van der Waals surface area (Å²) in [5, 5.41) is 17.0. The van der Waals surface area contributed by atoms with E-state index < -0.39 is 0 Å². The van der Waals surface area contributed by atoms with E-state index in [2.05, 4.69) is 25.9 Å². The number of aromatic nitrogens is 4. The molecule has 0 fully saturated rings. The highest BCUT2D eigenvalue weighted by Gasteiger charge is 2.21. The van der Waals surface area contributed by atoms with Crippen LogP contribution >= 0.6 is 0 Å². The molecule has 1 rings (SSSR count). The largest absolute Gasteiger partial charge is 0.305 e. The molecule has 0 aliphatic rings. The van der Waals surface area contributed by atoms with Gasteiger partial charge in [0.1, 0.15) is 0 Å². The third-order valence-corrected chi connectivity index (χ3v) is 2.49. The van der Waals surface area contributed by atoms with Gasteiger partial charge in [-0.25, -0.2) is 0 Å². The van der Waals surface area contributed by atoms with Gasteiger partial charge in [-0.15, -0.1) is 10.2 Å². The van der Waals surface area contributed by atoms with Gasteiger partial charge in [0.05, 0.1) is 6.04 Å². The summed E-state index contributed by atoms with van der Waals surface area (Å²) in [4.78, 5) is 12.0. The average molecular weight is 239 g/mol. The van der Waals surface area contributed by atoms with E-state index in [1.807, 2.05) is 27.7 Å². The smallest absolute Gasteiger partial charge is 0.174 e. The summed E-state index contributed by atoms with van der Waals surface area (Å²) in [5.74, 6) is 0.927. The first-order chi connectivity index (χ1) is 8.00. The lowest BCUT2D eigenvalue weighted by atomic mass is 9.97. The van der Waals surface area contributed by atoms with Gasteiger partial charge in [0.2, 0.25) is 0 Å². The van der Waals surface area contributed by atoms with Gasteiger partial charge in [0.25, 0.3) is 0 Å². The van der Waals surface area contributed by atoms with Gasteiger partial charge in [0, 0.05) is 18.4 Å². The number of nitrogens with zero attached hydrogens (tertiary/aromatic N) is 3. The van der Waals surface area contributed by atoms with Crippen molar-refractivity contribution >= 4 is 5.78 Å². The lowest BCUT2D eigenvalue weighted by molar-refractivity contribution is -0.124. The Balaban J connectivity index is 2.54. The molecule has 6 heteroatoms. The second-order valence-corrected chi connectivity index (χ2v) is 4.80. The molecule has 0 amide bonds. The van der Waals surface area contributed by atoms with Crippen molar-refractivity contribution in [1.29, 1.82) is 0 Å². The first-order valence-electron chi connectivity index (χ1n) is 6.02. The summed E-state index contributed by atoms with van der Waals surface area (Å²) < 4.78 is 0. The van der Waals surface area contributed by atoms with Crippen LogP contribution in [0.15, 0.2) is 0 Å². The molecule has 0 saturated carbocycles. The summed E-state index contributed by atoms with van der Waals surface area (Å²) in [6.07, 6.45) is 1.36. The van der Waals surface area contributed by atoms with Crippen LogP contribution in [-0.4, -0.2) is 38.5 Å². The number of rotatable bonds is 7. The number of aryl methyl sites for hydroxylation is 1. The van der Waals surface area contributed by atoms with Gasteiger partial charge in [-0.2, -0.15) is 5.21 Å². The van der Waals surface area contributed by atoms with Crippen molar-refractivity contribution in [3.63, 3.8) is 0 Å². The molecule has 1 atom stereocenters. The van der Waals surface area contributed by atoms with Crippen LogP contribution in [0.5, 0.6) is 0 Å². The fraction of sp³-hybridized carbons (Fsp3) is 0.818. The lowest BCUT2D eigenvalue weighted by Gasteiger charge is -2.21. The monoisotopic (exact) mass is 239 g/mol. The number of carbonyl (C=O) groups excluding carboxylic acids is 1. The fourth-order valence-electron chi connectivity index (χ4n) is 1.67. The average Bonchev–Trinajstić information content (AvgIpc) is 2.75. The summed E-state index contributed by atoms with van der Waals surface area (Å²) >= 11 is 0. The van der Waals surface area contributed by atoms with Crippen LogP contribution in [0.1, 0.15) is 39.9 Å². The Hall–Kier alpha value is -1.30. The number of tetrazole rings is 1. The summed E-state index contributed by atoms with van der Waals surface area (Å²) in [7, 11) is 0. The van der Waals surface area contributed by atoms with Crippen molar-refractivity contribution in [2.24, 2.45) is 5.92 Å². The molecule has 0 spiro atoms. The molecule has 17 heavy (non-hydrogen) atoms. The zero-order valence-electron chi connectivity index (χ0n) is 10.9. The van der Waals surface area contributed by atoms with Crippen molar-refractivity contribution in [3.05, 3.63) is 5.82 Å². The molecule has 1 unspecified atom stereocenters. The Morgan fingerprint density at radius 1 is 1.35 bits per heavy atom. The SMILES string of the molecule is CC(C)NC(CCc1nn[nH]n1)C(=O)C(C)C. The third kappa shape index (κ3) is 4.60. The highest BCUT2D eigenvalue weighted by Crippen LogP contribution is 2.07. The minimum Gasteiger partial charge on any atom is -0.305 e. The van der Waals surface area contributed by atoms with E-state index in [9.17, 15) is 4.79 Å². The first kappa shape index (κ1) is 13.8. The quantitative estimate of drug-likeness (QED) is 0.732. The van der Waals surface area contributed by atoms with E-state index in [1.165, 1.54) is 0 Å². The minimum absolute atomic E-state index is 0.0384. The lowest BCUT2D eigenvalue weighted by Crippen LogP contribution is -2.43. The Bertz CT molecular complexity index is 334. The van der Waals surface area contributed by atoms with Crippen LogP contribution < -0.4 is 5.32 Å². The van der Waals surface area contributed by atoms with Crippen LogP contribution in [0.3, 0.4) is 0 Å². The Kier molecular flexibility index (Phi) is 5.21. The standard InChI is InChI=1S/C11H21N5O/c1-7(2)11(17)9(12-8(3)4)5-6-10-13-15-16-14-10/h7-9,12H,5-6H2,1-4H3,(H,13,14,15,16). The molecule has 1 heterocycles. The van der Waals surface area contributed by atoms with E-state index in [4.69, 9.17) is 0 Å². The van der Waals surface area contributed by atoms with E-state index >= 15 is 0 Å². The molecule has 0 bridgehead atoms. The number of nitrogens with one attached hydrogen (secondary N) is 2. The van der Waals surface area contributed by atoms with Gasteiger partial charge in [0.15, 0.2) is 11.6 Å². The predicted octanol–water partition coefficient (Wildman–Crippen LogP) is 0.724. The molecule has 0 aliphatic carbocycles. The van der Waals surface area contributed by atoms with Crippen LogP contribution in [0, 0.1) is 5.92 Å². The highest BCUT2D eigenvalue weighted by molar-refractivity contribution is 5.85. The number of Topliss-reactive ketones (excluding diaryl/α,β-unsaturated/α-hetero) is 1. The normalized spacial score (nSPS) is 13.3. The number of hydrogen-bond acceptors (Lipinski definition) is 5. The van der Waals surface area contributed by atoms with Crippen molar-refractivity contribution in [2.75, 3.05) is 0 Å². The molecular formula is C11H21N5O. The summed E-state index contributed by atoms with van der Waals surface area (Å²) in [5.41, 5.74) is 0. The number of H-pyrrole nitrogens is 1. The number of aromatic amines is 1. The maximum atomic E-state index is 12.0. The second kappa shape index (κ2) is 6.44. The molecule has 1 aromatic rings. The summed E-state index contributed by atoms with van der Waals surface area (Å²) in [6.45, 7) is 7.92. The van der Waals surface area contributed by atoms with E-state index in [0.29, 0.717) is 18.7 Å². The van der Waals surface area contributed by atoms with E-state index in [1.54, 1.807) is 0 Å². The zero-order valence-corrected chi connectivity index (χ0v) is 10.9. The Morgan fingerprint density at radius 2 is 2.06 bits per heavy atom. The number of hydrogen-bond donors (Lipinski definition) is 2. The van der Waals surface area contributed by atoms with Gasteiger partial charge in [-0.1, -0.05) is 32.9 Å². The first-order valence-corrected chi connectivity index (χ1v) is 6.02. The molecule has 0 saturated heterocycles. The van der Waals surface area contributed by atoms with Gasteiger partial charge >= 0.3 is 0 Å². The molecule has 1 aromatic heterocycles. The highest BCUT2D eigenvalue weighted by atomic mass is 16.1. The molecule has 2 N–H and O–H groups in total. The molecule has 0 aliphatic heterocycles. The van der Waals surface area contributed by atoms with Crippen LogP contribution in [0.2, 0.25) is 0 Å². The fourth-order valence-corrected chi connectivity index (χ4v) is 1.67. The molecule has 0 radical (unpaired) electrons. The summed E-state index contributed by atoms with van der Waals surface area (Å²) in [6, 6.07) is 0.154. The van der Waals surface area contributed by atoms with Gasteiger partial charge < -0.3 is 5.32 Å². The predicted molar refractivity (Wildman–Crippen MR) is 64.4 cm³/mol. The maximum Gasteiger partial charge on any atom is 0.174 e. The Morgan fingerprint density at radius 3 is 2.53 bits per heavy atom. The van der Waals surface area contributed by atoms with Crippen molar-refractivity contribution in [3.8, 4) is 0 Å². The number of ketones is 1. The minimum atomic E-state index is -0.131. The molecule has 0 aromatic carbocycles. The van der Waals surface area contributed by atoms with E-state index in [0.717, 1.165) is 0 Å². The van der Waals surface area contributed by atoms with Crippen molar-refractivity contribution < 1.29 is 4.79 Å². The van der Waals surface area contributed by atoms with Gasteiger partial charge in [-0.05, 0) is 6.42 Å². The van der Waals surface area contributed by atoms with Crippen LogP contribution in [0.25, 0.3) is 0 Å². The molecule has 6 nitrogen and oxygen atoms in total. The van der Waals surface area contributed by atoms with E-state index in [-0.39, 0.29) is 23.8 Å². The topological polar surface area (TPSA) is 83.6 Å². The van der Waals surface area contributed by atoms with Crippen LogP contribution in [-0.2, 0) is 11.2 Å². The van der Waals surface area contributed by atoms with Gasteiger partial charge in [-0.3, -0.25) is 4.79 Å². The molecular weight excluding hydrogens is 218 g/mol. The van der Waals surface area contributed by atoms with Crippen molar-refractivity contribution in [1.82, 2.24) is 25.9 Å². The molecule has 96 valence electrons. The third-order valence-electron chi connectivity index (χ3n) is 2.49. The zero-order chi connectivity index (χ0) is 12.8. The maximum absolute atomic E-state index is 12.0.